The van der Waals surface area contributed by atoms with Gasteiger partial charge in [-0.05, 0) is 53.1 Å². The third kappa shape index (κ3) is 6.73. The van der Waals surface area contributed by atoms with Gasteiger partial charge in [-0.1, -0.05) is 89.3 Å². The van der Waals surface area contributed by atoms with Crippen LogP contribution in [0.3, 0.4) is 0 Å². The van der Waals surface area contributed by atoms with Gasteiger partial charge in [-0.25, -0.2) is 4.39 Å². The number of ketones is 1. The Hall–Kier alpha value is -4.91. The molecule has 1 aliphatic heterocycles. The Kier molecular flexibility index (Phi) is 9.95. The smallest absolute Gasteiger partial charge is 0.301 e. The predicted octanol–water partition coefficient (Wildman–Crippen LogP) is 7.85. The molecule has 1 N–H and O–H groups in total. The maximum atomic E-state index is 14.7. The van der Waals surface area contributed by atoms with Crippen LogP contribution in [0.4, 0.5) is 9.52 Å². The first-order valence-corrected chi connectivity index (χ1v) is 16.7. The number of nitrogens with zero attached hydrogens (tertiary/aromatic N) is 3. The summed E-state index contributed by atoms with van der Waals surface area (Å²) in [6.45, 7) is 0.275. The molecule has 0 unspecified atom stereocenters. The van der Waals surface area contributed by atoms with Gasteiger partial charge in [-0.3, -0.25) is 14.5 Å². The quantitative estimate of drug-likeness (QED) is 0.0484. The second-order valence-corrected chi connectivity index (χ2v) is 13.0. The van der Waals surface area contributed by atoms with Crippen LogP contribution in [-0.2, 0) is 21.9 Å². The first kappa shape index (κ1) is 33.0. The molecule has 4 aromatic carbocycles. The number of rotatable bonds is 11. The second kappa shape index (κ2) is 14.5. The molecule has 1 atom stereocenters. The van der Waals surface area contributed by atoms with E-state index in [4.69, 9.17) is 25.8 Å². The highest BCUT2D eigenvalue weighted by Gasteiger charge is 2.48. The van der Waals surface area contributed by atoms with Crippen LogP contribution in [0.5, 0.6) is 17.2 Å². The van der Waals surface area contributed by atoms with E-state index in [9.17, 15) is 19.1 Å². The Morgan fingerprint density at radius 1 is 0.938 bits per heavy atom. The van der Waals surface area contributed by atoms with Crippen molar-refractivity contribution in [2.45, 2.75) is 22.7 Å². The zero-order valence-corrected chi connectivity index (χ0v) is 27.9. The van der Waals surface area contributed by atoms with Gasteiger partial charge in [0, 0.05) is 16.3 Å². The monoisotopic (exact) mass is 703 g/mol. The minimum atomic E-state index is -1.17. The number of anilines is 1. The Morgan fingerprint density at radius 2 is 1.67 bits per heavy atom. The molecule has 1 aliphatic rings. The molecule has 2 heterocycles. The third-order valence-corrected chi connectivity index (χ3v) is 9.99. The van der Waals surface area contributed by atoms with Crippen LogP contribution < -0.4 is 19.1 Å². The summed E-state index contributed by atoms with van der Waals surface area (Å²) in [4.78, 5) is 28.6. The highest BCUT2D eigenvalue weighted by Crippen LogP contribution is 2.46. The van der Waals surface area contributed by atoms with Gasteiger partial charge in [0.15, 0.2) is 27.4 Å². The number of carbonyl (C=O) groups is 2. The number of benzene rings is 4. The Morgan fingerprint density at radius 3 is 2.40 bits per heavy atom. The Bertz CT molecular complexity index is 2020. The largest absolute Gasteiger partial charge is 0.507 e. The summed E-state index contributed by atoms with van der Waals surface area (Å²) in [5, 5.41) is 20.7. The van der Waals surface area contributed by atoms with Crippen molar-refractivity contribution in [3.63, 3.8) is 0 Å². The number of aliphatic hydroxyl groups excluding tert-OH is 1. The molecular weight excluding hydrogens is 677 g/mol. The summed E-state index contributed by atoms with van der Waals surface area (Å²) in [5.41, 5.74) is 1.98. The van der Waals surface area contributed by atoms with Crippen molar-refractivity contribution in [1.29, 1.82) is 0 Å². The third-order valence-electron chi connectivity index (χ3n) is 7.52. The van der Waals surface area contributed by atoms with Crippen LogP contribution in [0.2, 0.25) is 5.02 Å². The van der Waals surface area contributed by atoms with Gasteiger partial charge in [0.1, 0.15) is 12.4 Å². The van der Waals surface area contributed by atoms with Gasteiger partial charge in [0.05, 0.1) is 25.8 Å². The van der Waals surface area contributed by atoms with E-state index in [1.807, 2.05) is 48.5 Å². The fourth-order valence-electron chi connectivity index (χ4n) is 5.14. The molecule has 1 aromatic heterocycles. The van der Waals surface area contributed by atoms with Gasteiger partial charge < -0.3 is 19.3 Å². The van der Waals surface area contributed by atoms with Crippen LogP contribution in [0.1, 0.15) is 28.3 Å². The molecule has 0 spiro atoms. The van der Waals surface area contributed by atoms with Crippen molar-refractivity contribution in [3.8, 4) is 17.2 Å². The van der Waals surface area contributed by atoms with Crippen LogP contribution in [-0.4, -0.2) is 41.2 Å². The molecule has 48 heavy (non-hydrogen) atoms. The zero-order chi connectivity index (χ0) is 33.8. The van der Waals surface area contributed by atoms with E-state index in [-0.39, 0.29) is 28.6 Å². The number of aromatic nitrogens is 2. The fraction of sp³-hybridized carbons (Fsp3) is 0.143. The van der Waals surface area contributed by atoms with Crippen molar-refractivity contribution in [2.24, 2.45) is 0 Å². The first-order chi connectivity index (χ1) is 23.3. The molecular formula is C35H27ClFN3O6S2. The number of carbonyl (C=O) groups excluding carboxylic acids is 2. The topological polar surface area (TPSA) is 111 Å². The van der Waals surface area contributed by atoms with Crippen LogP contribution >= 0.6 is 34.7 Å². The highest BCUT2D eigenvalue weighted by molar-refractivity contribution is 8.00. The Labute approximate surface area is 288 Å². The number of hydrogen-bond acceptors (Lipinski definition) is 10. The molecule has 5 aromatic rings. The lowest BCUT2D eigenvalue weighted by atomic mass is 9.95. The maximum Gasteiger partial charge on any atom is 0.301 e. The average Bonchev–Trinajstić information content (AvgIpc) is 3.68. The summed E-state index contributed by atoms with van der Waals surface area (Å²) in [6.07, 6.45) is 0. The van der Waals surface area contributed by atoms with Crippen molar-refractivity contribution in [2.75, 3.05) is 19.1 Å². The SMILES string of the molecule is COc1ccc(C(O)=C2C(=O)C(=O)N(c3nnc(SCc4ccccc4Cl)s3)[C@H]2c2ccc(OCc3ccccc3)c(OC)c2)cc1F. The zero-order valence-electron chi connectivity index (χ0n) is 25.6. The molecule has 0 bridgehead atoms. The highest BCUT2D eigenvalue weighted by atomic mass is 35.5. The molecule has 1 fully saturated rings. The van der Waals surface area contributed by atoms with E-state index < -0.39 is 29.3 Å². The van der Waals surface area contributed by atoms with Crippen molar-refractivity contribution in [3.05, 3.63) is 130 Å². The molecule has 0 radical (unpaired) electrons. The Balaban J connectivity index is 1.40. The van der Waals surface area contributed by atoms with Crippen LogP contribution in [0.25, 0.3) is 5.76 Å². The number of ether oxygens (including phenoxy) is 3. The first-order valence-electron chi connectivity index (χ1n) is 14.5. The summed E-state index contributed by atoms with van der Waals surface area (Å²) >= 11 is 8.80. The van der Waals surface area contributed by atoms with Crippen molar-refractivity contribution < 1.29 is 33.3 Å². The fourth-order valence-corrected chi connectivity index (χ4v) is 7.29. The summed E-state index contributed by atoms with van der Waals surface area (Å²) in [7, 11) is 2.78. The lowest BCUT2D eigenvalue weighted by molar-refractivity contribution is -0.132. The summed E-state index contributed by atoms with van der Waals surface area (Å²) in [6, 6.07) is 24.6. The number of aliphatic hydroxyl groups is 1. The summed E-state index contributed by atoms with van der Waals surface area (Å²) < 4.78 is 31.9. The predicted molar refractivity (Wildman–Crippen MR) is 182 cm³/mol. The number of amides is 1. The van der Waals surface area contributed by atoms with Crippen molar-refractivity contribution in [1.82, 2.24) is 10.2 Å². The lowest BCUT2D eigenvalue weighted by Crippen LogP contribution is -2.29. The second-order valence-electron chi connectivity index (χ2n) is 10.4. The van der Waals surface area contributed by atoms with Gasteiger partial charge in [0.25, 0.3) is 5.78 Å². The van der Waals surface area contributed by atoms with E-state index in [0.29, 0.717) is 32.2 Å². The normalized spacial score (nSPS) is 15.5. The number of hydrogen-bond donors (Lipinski definition) is 1. The van der Waals surface area contributed by atoms with Crippen molar-refractivity contribution >= 4 is 57.3 Å². The lowest BCUT2D eigenvalue weighted by Gasteiger charge is -2.23. The van der Waals surface area contributed by atoms with Crippen LogP contribution in [0.15, 0.2) is 101 Å². The number of thioether (sulfide) groups is 1. The van der Waals surface area contributed by atoms with E-state index in [2.05, 4.69) is 10.2 Å². The molecule has 1 saturated heterocycles. The van der Waals surface area contributed by atoms with E-state index in [1.54, 1.807) is 24.3 Å². The number of methoxy groups -OCH3 is 2. The number of Topliss-reactive ketones (excluding diaryl/α,β-unsaturated/α-hetero) is 1. The van der Waals surface area contributed by atoms with E-state index >= 15 is 0 Å². The van der Waals surface area contributed by atoms with Crippen LogP contribution in [0, 0.1) is 5.82 Å². The minimum Gasteiger partial charge on any atom is -0.507 e. The molecule has 6 rings (SSSR count). The van der Waals surface area contributed by atoms with Gasteiger partial charge in [-0.15, -0.1) is 10.2 Å². The van der Waals surface area contributed by atoms with Gasteiger partial charge in [-0.2, -0.15) is 0 Å². The molecule has 9 nitrogen and oxygen atoms in total. The molecule has 0 aliphatic carbocycles. The molecule has 0 saturated carbocycles. The maximum absolute atomic E-state index is 14.7. The van der Waals surface area contributed by atoms with Gasteiger partial charge >= 0.3 is 5.91 Å². The number of halogens is 2. The standard InChI is InChI=1S/C35H27ClFN3O6S2/c1-44-26-14-13-22(16-25(26)37)31(41)29-30(21-12-15-27(28(17-21)45-2)46-18-20-8-4-3-5-9-20)40(33(43)32(29)42)34-38-39-35(48-34)47-19-23-10-6-7-11-24(23)36/h3-17,30,41H,18-19H2,1-2H3/t30-/m0/s1. The van der Waals surface area contributed by atoms with E-state index in [1.165, 1.54) is 43.0 Å². The average molecular weight is 704 g/mol. The molecule has 244 valence electrons. The summed E-state index contributed by atoms with van der Waals surface area (Å²) in [5.74, 6) is -2.01. The van der Waals surface area contributed by atoms with Gasteiger partial charge in [0.2, 0.25) is 5.13 Å². The molecule has 13 heteroatoms. The van der Waals surface area contributed by atoms with E-state index in [0.717, 1.165) is 28.5 Å². The minimum absolute atomic E-state index is 0.0145. The molecule has 1 amide bonds.